The summed E-state index contributed by atoms with van der Waals surface area (Å²) in [7, 11) is 0. The lowest BCUT2D eigenvalue weighted by Gasteiger charge is -2.28. The van der Waals surface area contributed by atoms with Gasteiger partial charge in [0.1, 0.15) is 0 Å². The molecule has 10 heavy (non-hydrogen) atoms. The van der Waals surface area contributed by atoms with Crippen molar-refractivity contribution in [3.05, 3.63) is 0 Å². The average Bonchev–Trinajstić information content (AvgIpc) is 2.36. The summed E-state index contributed by atoms with van der Waals surface area (Å²) in [5.41, 5.74) is 0. The summed E-state index contributed by atoms with van der Waals surface area (Å²) in [6.07, 6.45) is 2.68. The molecule has 2 aliphatic rings. The van der Waals surface area contributed by atoms with E-state index in [1.807, 2.05) is 0 Å². The number of fused-ring (bicyclic) bond motifs is 2. The van der Waals surface area contributed by atoms with Crippen molar-refractivity contribution in [2.75, 3.05) is 0 Å². The molecule has 0 radical (unpaired) electrons. The average molecular weight is 140 g/mol. The summed E-state index contributed by atoms with van der Waals surface area (Å²) < 4.78 is 0. The zero-order chi connectivity index (χ0) is 7.30. The van der Waals surface area contributed by atoms with Gasteiger partial charge in [0, 0.05) is 0 Å². The maximum Gasteiger partial charge on any atom is 0.0599 e. The van der Waals surface area contributed by atoms with E-state index in [-0.39, 0.29) is 6.10 Å². The van der Waals surface area contributed by atoms with Crippen LogP contribution in [0.3, 0.4) is 0 Å². The van der Waals surface area contributed by atoms with Crippen LogP contribution in [-0.2, 0) is 0 Å². The van der Waals surface area contributed by atoms with Gasteiger partial charge in [0.05, 0.1) is 6.10 Å². The molecule has 1 nitrogen and oxygen atoms in total. The number of hydrogen-bond acceptors (Lipinski definition) is 1. The summed E-state index contributed by atoms with van der Waals surface area (Å²) in [6, 6.07) is 0. The minimum absolute atomic E-state index is 0.0220. The topological polar surface area (TPSA) is 20.2 Å². The highest BCUT2D eigenvalue weighted by Crippen LogP contribution is 2.51. The van der Waals surface area contributed by atoms with Crippen molar-refractivity contribution in [3.63, 3.8) is 0 Å². The van der Waals surface area contributed by atoms with Crippen molar-refractivity contribution >= 4 is 0 Å². The highest BCUT2D eigenvalue weighted by molar-refractivity contribution is 4.97. The highest BCUT2D eigenvalue weighted by atomic mass is 16.3. The first-order valence-corrected chi connectivity index (χ1v) is 4.38. The molecule has 2 rings (SSSR count). The zero-order valence-electron chi connectivity index (χ0n) is 6.75. The van der Waals surface area contributed by atoms with Crippen LogP contribution in [0.4, 0.5) is 0 Å². The van der Waals surface area contributed by atoms with Crippen LogP contribution in [0.25, 0.3) is 0 Å². The van der Waals surface area contributed by atoms with Crippen LogP contribution >= 0.6 is 0 Å². The number of aliphatic hydroxyl groups excluding tert-OH is 1. The van der Waals surface area contributed by atoms with Gasteiger partial charge in [0.25, 0.3) is 0 Å². The molecular weight excluding hydrogens is 124 g/mol. The molecule has 0 aromatic heterocycles. The van der Waals surface area contributed by atoms with Gasteiger partial charge in [-0.3, -0.25) is 0 Å². The van der Waals surface area contributed by atoms with Crippen LogP contribution in [-0.4, -0.2) is 11.2 Å². The molecule has 2 aliphatic carbocycles. The molecule has 0 aliphatic heterocycles. The third-order valence-electron chi connectivity index (χ3n) is 3.70. The van der Waals surface area contributed by atoms with Crippen LogP contribution in [0.15, 0.2) is 0 Å². The summed E-state index contributed by atoms with van der Waals surface area (Å²) in [5.74, 6) is 2.85. The van der Waals surface area contributed by atoms with E-state index in [1.165, 1.54) is 12.8 Å². The summed E-state index contributed by atoms with van der Waals surface area (Å²) in [5, 5.41) is 9.66. The van der Waals surface area contributed by atoms with E-state index >= 15 is 0 Å². The van der Waals surface area contributed by atoms with Gasteiger partial charge in [-0.1, -0.05) is 13.8 Å². The molecule has 0 aromatic rings. The van der Waals surface area contributed by atoms with Crippen LogP contribution < -0.4 is 0 Å². The Labute approximate surface area is 62.4 Å². The van der Waals surface area contributed by atoms with Gasteiger partial charge in [0.15, 0.2) is 0 Å². The fourth-order valence-electron chi connectivity index (χ4n) is 2.90. The normalized spacial score (nSPS) is 59.7. The second kappa shape index (κ2) is 1.97. The minimum Gasteiger partial charge on any atom is -0.393 e. The summed E-state index contributed by atoms with van der Waals surface area (Å²) >= 11 is 0. The van der Waals surface area contributed by atoms with Crippen molar-refractivity contribution in [3.8, 4) is 0 Å². The fourth-order valence-corrected chi connectivity index (χ4v) is 2.90. The Hall–Kier alpha value is -0.0400. The molecular formula is C9H16O. The van der Waals surface area contributed by atoms with Crippen molar-refractivity contribution in [1.29, 1.82) is 0 Å². The lowest BCUT2D eigenvalue weighted by molar-refractivity contribution is 0.0438. The molecule has 0 amide bonds. The SMILES string of the molecule is CC1C2CC(C1O)[C@@H](C)C2. The fraction of sp³-hybridized carbons (Fsp3) is 1.00. The van der Waals surface area contributed by atoms with Crippen LogP contribution in [0.1, 0.15) is 26.7 Å². The number of rotatable bonds is 0. The molecule has 1 heteroatoms. The molecule has 0 spiro atoms. The molecule has 0 saturated heterocycles. The third kappa shape index (κ3) is 0.672. The molecule has 0 heterocycles. The van der Waals surface area contributed by atoms with Gasteiger partial charge in [0.2, 0.25) is 0 Å². The Morgan fingerprint density at radius 3 is 2.30 bits per heavy atom. The van der Waals surface area contributed by atoms with Crippen LogP contribution in [0.5, 0.6) is 0 Å². The first-order chi connectivity index (χ1) is 4.70. The van der Waals surface area contributed by atoms with Gasteiger partial charge in [-0.05, 0) is 36.5 Å². The lowest BCUT2D eigenvalue weighted by atomic mass is 9.82. The van der Waals surface area contributed by atoms with E-state index in [0.29, 0.717) is 11.8 Å². The molecule has 5 atom stereocenters. The number of aliphatic hydroxyl groups is 1. The lowest BCUT2D eigenvalue weighted by Crippen LogP contribution is -2.29. The monoisotopic (exact) mass is 140 g/mol. The Morgan fingerprint density at radius 2 is 1.90 bits per heavy atom. The maximum absolute atomic E-state index is 9.66. The zero-order valence-corrected chi connectivity index (χ0v) is 6.75. The first kappa shape index (κ1) is 6.66. The molecule has 2 fully saturated rings. The van der Waals surface area contributed by atoms with E-state index in [9.17, 15) is 5.11 Å². The van der Waals surface area contributed by atoms with Gasteiger partial charge in [-0.15, -0.1) is 0 Å². The predicted molar refractivity (Wildman–Crippen MR) is 40.5 cm³/mol. The van der Waals surface area contributed by atoms with Crippen molar-refractivity contribution in [2.45, 2.75) is 32.8 Å². The molecule has 1 N–H and O–H groups in total. The van der Waals surface area contributed by atoms with E-state index in [2.05, 4.69) is 13.8 Å². The van der Waals surface area contributed by atoms with Crippen molar-refractivity contribution in [1.82, 2.24) is 0 Å². The first-order valence-electron chi connectivity index (χ1n) is 4.38. The van der Waals surface area contributed by atoms with E-state index in [1.54, 1.807) is 0 Å². The second-order valence-corrected chi connectivity index (χ2v) is 4.22. The summed E-state index contributed by atoms with van der Waals surface area (Å²) in [4.78, 5) is 0. The smallest absolute Gasteiger partial charge is 0.0599 e. The second-order valence-electron chi connectivity index (χ2n) is 4.22. The predicted octanol–water partition coefficient (Wildman–Crippen LogP) is 1.66. The van der Waals surface area contributed by atoms with Gasteiger partial charge in [-0.25, -0.2) is 0 Å². The third-order valence-corrected chi connectivity index (χ3v) is 3.70. The van der Waals surface area contributed by atoms with Gasteiger partial charge in [-0.2, -0.15) is 0 Å². The molecule has 58 valence electrons. The standard InChI is InChI=1S/C9H16O/c1-5-3-7-4-8(5)9(10)6(7)2/h5-10H,3-4H2,1-2H3/t5-,6?,7?,8?,9?/m0/s1. The molecule has 0 aromatic carbocycles. The van der Waals surface area contributed by atoms with Crippen molar-refractivity contribution in [2.24, 2.45) is 23.7 Å². The van der Waals surface area contributed by atoms with Crippen LogP contribution in [0.2, 0.25) is 0 Å². The van der Waals surface area contributed by atoms with Crippen molar-refractivity contribution < 1.29 is 5.11 Å². The molecule has 4 unspecified atom stereocenters. The maximum atomic E-state index is 9.66. The van der Waals surface area contributed by atoms with Gasteiger partial charge < -0.3 is 5.11 Å². The highest BCUT2D eigenvalue weighted by Gasteiger charge is 2.48. The molecule has 2 saturated carbocycles. The van der Waals surface area contributed by atoms with Gasteiger partial charge >= 0.3 is 0 Å². The largest absolute Gasteiger partial charge is 0.393 e. The Morgan fingerprint density at radius 1 is 1.20 bits per heavy atom. The molecule has 2 bridgehead atoms. The Balaban J connectivity index is 2.16. The van der Waals surface area contributed by atoms with E-state index in [0.717, 1.165) is 11.8 Å². The minimum atomic E-state index is 0.0220. The summed E-state index contributed by atoms with van der Waals surface area (Å²) in [6.45, 7) is 4.47. The Bertz CT molecular complexity index is 142. The Kier molecular flexibility index (Phi) is 1.31. The van der Waals surface area contributed by atoms with E-state index in [4.69, 9.17) is 0 Å². The quantitative estimate of drug-likeness (QED) is 0.542. The van der Waals surface area contributed by atoms with E-state index < -0.39 is 0 Å². The number of hydrogen-bond donors (Lipinski definition) is 1. The van der Waals surface area contributed by atoms with Crippen LogP contribution in [0, 0.1) is 23.7 Å².